The van der Waals surface area contributed by atoms with E-state index in [0.29, 0.717) is 24.7 Å². The molecule has 8 heteroatoms. The molecule has 0 heterocycles. The third kappa shape index (κ3) is 9.33. The van der Waals surface area contributed by atoms with Crippen LogP contribution in [0.2, 0.25) is 0 Å². The van der Waals surface area contributed by atoms with E-state index in [0.717, 1.165) is 16.7 Å². The minimum absolute atomic E-state index is 0.0733. The Bertz CT molecular complexity index is 1170. The van der Waals surface area contributed by atoms with Crippen molar-refractivity contribution >= 4 is 17.8 Å². The summed E-state index contributed by atoms with van der Waals surface area (Å²) in [5.74, 6) is -0.549. The van der Waals surface area contributed by atoms with Crippen molar-refractivity contribution < 1.29 is 28.6 Å². The SMILES string of the molecule is CCOC(=O)CCC(=O)N[C@H](Cc1ccc(OCc2ccccc2)c(OCc2ccccc2)c1)C(N)=O. The molecule has 0 spiro atoms. The van der Waals surface area contributed by atoms with E-state index in [1.807, 2.05) is 60.7 Å². The van der Waals surface area contributed by atoms with Crippen LogP contribution in [-0.2, 0) is 38.8 Å². The normalized spacial score (nSPS) is 11.3. The van der Waals surface area contributed by atoms with Gasteiger partial charge in [-0.15, -0.1) is 0 Å². The molecule has 0 aromatic heterocycles. The number of benzene rings is 3. The van der Waals surface area contributed by atoms with Crippen molar-refractivity contribution in [2.45, 2.75) is 45.4 Å². The van der Waals surface area contributed by atoms with Crippen LogP contribution in [0.25, 0.3) is 0 Å². The zero-order valence-corrected chi connectivity index (χ0v) is 20.9. The van der Waals surface area contributed by atoms with Gasteiger partial charge in [0, 0.05) is 12.8 Å². The van der Waals surface area contributed by atoms with Crippen LogP contribution in [-0.4, -0.2) is 30.4 Å². The van der Waals surface area contributed by atoms with Gasteiger partial charge in [0.25, 0.3) is 0 Å². The summed E-state index contributed by atoms with van der Waals surface area (Å²) in [6.45, 7) is 2.62. The molecule has 0 bridgehead atoms. The maximum absolute atomic E-state index is 12.3. The summed E-state index contributed by atoms with van der Waals surface area (Å²) >= 11 is 0. The van der Waals surface area contributed by atoms with Crippen LogP contribution < -0.4 is 20.5 Å². The summed E-state index contributed by atoms with van der Waals surface area (Å²) in [6.07, 6.45) is -0.0163. The Morgan fingerprint density at radius 2 is 1.38 bits per heavy atom. The largest absolute Gasteiger partial charge is 0.485 e. The van der Waals surface area contributed by atoms with Crippen molar-refractivity contribution in [3.63, 3.8) is 0 Å². The smallest absolute Gasteiger partial charge is 0.306 e. The molecule has 3 rings (SSSR count). The highest BCUT2D eigenvalue weighted by atomic mass is 16.5. The number of hydrogen-bond donors (Lipinski definition) is 2. The number of esters is 1. The van der Waals surface area contributed by atoms with Crippen molar-refractivity contribution in [2.24, 2.45) is 5.73 Å². The van der Waals surface area contributed by atoms with E-state index in [1.165, 1.54) is 0 Å². The number of nitrogens with one attached hydrogen (secondary N) is 1. The lowest BCUT2D eigenvalue weighted by Crippen LogP contribution is -2.45. The third-order valence-corrected chi connectivity index (χ3v) is 5.46. The van der Waals surface area contributed by atoms with E-state index in [2.05, 4.69) is 5.32 Å². The molecule has 3 aromatic rings. The number of rotatable bonds is 14. The Morgan fingerprint density at radius 3 is 1.95 bits per heavy atom. The molecule has 37 heavy (non-hydrogen) atoms. The van der Waals surface area contributed by atoms with E-state index in [1.54, 1.807) is 25.1 Å². The first-order chi connectivity index (χ1) is 17.9. The van der Waals surface area contributed by atoms with E-state index in [9.17, 15) is 14.4 Å². The Balaban J connectivity index is 1.71. The number of amides is 2. The molecule has 0 unspecified atom stereocenters. The molecule has 8 nitrogen and oxygen atoms in total. The molecule has 0 aliphatic heterocycles. The van der Waals surface area contributed by atoms with Crippen LogP contribution in [0.15, 0.2) is 78.9 Å². The van der Waals surface area contributed by atoms with Crippen molar-refractivity contribution in [2.75, 3.05) is 6.61 Å². The Morgan fingerprint density at radius 1 is 0.784 bits per heavy atom. The molecule has 0 saturated carbocycles. The first-order valence-electron chi connectivity index (χ1n) is 12.1. The van der Waals surface area contributed by atoms with Crippen LogP contribution >= 0.6 is 0 Å². The number of primary amides is 1. The fourth-order valence-corrected chi connectivity index (χ4v) is 3.56. The number of nitrogens with two attached hydrogens (primary N) is 1. The van der Waals surface area contributed by atoms with Crippen molar-refractivity contribution in [1.82, 2.24) is 5.32 Å². The summed E-state index contributed by atoms with van der Waals surface area (Å²) in [5, 5.41) is 2.61. The van der Waals surface area contributed by atoms with Crippen molar-refractivity contribution in [1.29, 1.82) is 0 Å². The van der Waals surface area contributed by atoms with E-state index in [4.69, 9.17) is 19.9 Å². The number of ether oxygens (including phenoxy) is 3. The second kappa shape index (κ2) is 14.3. The molecule has 0 saturated heterocycles. The number of carbonyl (C=O) groups excluding carboxylic acids is 3. The summed E-state index contributed by atoms with van der Waals surface area (Å²) in [6, 6.07) is 23.9. The molecular formula is C29H32N2O6. The lowest BCUT2D eigenvalue weighted by Gasteiger charge is -2.18. The van der Waals surface area contributed by atoms with E-state index < -0.39 is 23.8 Å². The zero-order chi connectivity index (χ0) is 26.5. The van der Waals surface area contributed by atoms with Gasteiger partial charge in [-0.05, 0) is 35.7 Å². The summed E-state index contributed by atoms with van der Waals surface area (Å²) in [5.41, 5.74) is 8.28. The second-order valence-electron chi connectivity index (χ2n) is 8.36. The Hall–Kier alpha value is -4.33. The van der Waals surface area contributed by atoms with Crippen molar-refractivity contribution in [3.05, 3.63) is 95.6 Å². The Labute approximate surface area is 216 Å². The van der Waals surface area contributed by atoms with Crippen molar-refractivity contribution in [3.8, 4) is 11.5 Å². The highest BCUT2D eigenvalue weighted by Gasteiger charge is 2.20. The standard InChI is InChI=1S/C29H32N2O6/c1-2-35-28(33)16-15-27(32)31-24(29(30)34)17-23-13-14-25(36-19-21-9-5-3-6-10-21)26(18-23)37-20-22-11-7-4-8-12-22/h3-14,18,24H,2,15-17,19-20H2,1H3,(H2,30,34)(H,31,32)/t24-/m1/s1. The average molecular weight is 505 g/mol. The lowest BCUT2D eigenvalue weighted by atomic mass is 10.0. The molecule has 0 aliphatic carbocycles. The first-order valence-corrected chi connectivity index (χ1v) is 12.1. The monoisotopic (exact) mass is 504 g/mol. The van der Waals surface area contributed by atoms with Gasteiger partial charge >= 0.3 is 5.97 Å². The van der Waals surface area contributed by atoms with Gasteiger partial charge in [0.1, 0.15) is 19.3 Å². The summed E-state index contributed by atoms with van der Waals surface area (Å²) in [7, 11) is 0. The summed E-state index contributed by atoms with van der Waals surface area (Å²) in [4.78, 5) is 35.9. The highest BCUT2D eigenvalue weighted by molar-refractivity contribution is 5.88. The predicted octanol–water partition coefficient (Wildman–Crippen LogP) is 3.70. The third-order valence-electron chi connectivity index (χ3n) is 5.46. The molecule has 3 N–H and O–H groups in total. The maximum Gasteiger partial charge on any atom is 0.306 e. The molecule has 0 fully saturated rings. The fraction of sp³-hybridized carbons (Fsp3) is 0.276. The minimum Gasteiger partial charge on any atom is -0.485 e. The lowest BCUT2D eigenvalue weighted by molar-refractivity contribution is -0.144. The van der Waals surface area contributed by atoms with Gasteiger partial charge < -0.3 is 25.3 Å². The predicted molar refractivity (Wildman–Crippen MR) is 139 cm³/mol. The van der Waals surface area contributed by atoms with Crippen LogP contribution in [0.4, 0.5) is 0 Å². The molecule has 1 atom stereocenters. The van der Waals surface area contributed by atoms with Gasteiger partial charge in [-0.2, -0.15) is 0 Å². The number of hydrogen-bond acceptors (Lipinski definition) is 6. The number of carbonyl (C=O) groups is 3. The second-order valence-corrected chi connectivity index (χ2v) is 8.36. The van der Waals surface area contributed by atoms with Gasteiger partial charge in [0.05, 0.1) is 13.0 Å². The molecule has 0 aliphatic rings. The Kier molecular flexibility index (Phi) is 10.5. The van der Waals surface area contributed by atoms with Gasteiger partial charge in [-0.3, -0.25) is 14.4 Å². The van der Waals surface area contributed by atoms with E-state index in [-0.39, 0.29) is 25.9 Å². The van der Waals surface area contributed by atoms with Crippen LogP contribution in [0.5, 0.6) is 11.5 Å². The molecule has 0 radical (unpaired) electrons. The molecular weight excluding hydrogens is 472 g/mol. The highest BCUT2D eigenvalue weighted by Crippen LogP contribution is 2.30. The maximum atomic E-state index is 12.3. The quantitative estimate of drug-likeness (QED) is 0.323. The van der Waals surface area contributed by atoms with Crippen LogP contribution in [0.1, 0.15) is 36.5 Å². The average Bonchev–Trinajstić information content (AvgIpc) is 2.91. The minimum atomic E-state index is -0.951. The van der Waals surface area contributed by atoms with Gasteiger partial charge in [-0.25, -0.2) is 0 Å². The zero-order valence-electron chi connectivity index (χ0n) is 20.9. The van der Waals surface area contributed by atoms with Crippen LogP contribution in [0.3, 0.4) is 0 Å². The van der Waals surface area contributed by atoms with Gasteiger partial charge in [0.2, 0.25) is 11.8 Å². The molecule has 3 aromatic carbocycles. The van der Waals surface area contributed by atoms with Crippen LogP contribution in [0, 0.1) is 0 Å². The molecule has 194 valence electrons. The summed E-state index contributed by atoms with van der Waals surface area (Å²) < 4.78 is 16.9. The topological polar surface area (TPSA) is 117 Å². The van der Waals surface area contributed by atoms with Gasteiger partial charge in [-0.1, -0.05) is 66.7 Å². The first kappa shape index (κ1) is 27.3. The molecule has 2 amide bonds. The fourth-order valence-electron chi connectivity index (χ4n) is 3.56. The van der Waals surface area contributed by atoms with Gasteiger partial charge in [0.15, 0.2) is 11.5 Å². The van der Waals surface area contributed by atoms with E-state index >= 15 is 0 Å².